The fourth-order valence-corrected chi connectivity index (χ4v) is 1.66. The molecule has 0 aromatic heterocycles. The number of unbranched alkanes of at least 4 members (excludes halogenated alkanes) is 4. The van der Waals surface area contributed by atoms with Crippen molar-refractivity contribution in [2.75, 3.05) is 0 Å². The van der Waals surface area contributed by atoms with Gasteiger partial charge in [0, 0.05) is 5.41 Å². The van der Waals surface area contributed by atoms with Crippen molar-refractivity contribution in [1.82, 2.24) is 0 Å². The molecule has 1 atom stereocenters. The van der Waals surface area contributed by atoms with Gasteiger partial charge in [-0.3, -0.25) is 4.79 Å². The summed E-state index contributed by atoms with van der Waals surface area (Å²) in [5, 5.41) is 0. The lowest BCUT2D eigenvalue weighted by atomic mass is 9.77. The van der Waals surface area contributed by atoms with Gasteiger partial charge in [0.15, 0.2) is 0 Å². The maximum atomic E-state index is 11.2. The van der Waals surface area contributed by atoms with Gasteiger partial charge in [0.1, 0.15) is 0 Å². The van der Waals surface area contributed by atoms with Crippen LogP contribution in [-0.2, 0) is 4.79 Å². The summed E-state index contributed by atoms with van der Waals surface area (Å²) in [5.41, 5.74) is 5.03. The molecule has 0 fully saturated rings. The minimum Gasteiger partial charge on any atom is -0.369 e. The Labute approximate surface area is 94.6 Å². The normalized spacial score (nSPS) is 13.9. The molecule has 0 rings (SSSR count). The molecule has 0 aliphatic heterocycles. The molecule has 15 heavy (non-hydrogen) atoms. The van der Waals surface area contributed by atoms with Gasteiger partial charge >= 0.3 is 0 Å². The molecule has 2 nitrogen and oxygen atoms in total. The molecule has 0 aromatic carbocycles. The number of amides is 1. The second-order valence-corrected chi connectivity index (χ2v) is 5.19. The van der Waals surface area contributed by atoms with E-state index in [0.29, 0.717) is 5.92 Å². The number of rotatable bonds is 8. The van der Waals surface area contributed by atoms with Crippen LogP contribution in [0.2, 0.25) is 0 Å². The highest BCUT2D eigenvalue weighted by molar-refractivity contribution is 5.80. The van der Waals surface area contributed by atoms with Crippen molar-refractivity contribution < 1.29 is 4.79 Å². The van der Waals surface area contributed by atoms with Gasteiger partial charge in [-0.05, 0) is 12.3 Å². The van der Waals surface area contributed by atoms with Gasteiger partial charge in [-0.1, -0.05) is 59.8 Å². The molecule has 2 N–H and O–H groups in total. The van der Waals surface area contributed by atoms with Crippen LogP contribution >= 0.6 is 0 Å². The number of hydrogen-bond acceptors (Lipinski definition) is 1. The first-order valence-corrected chi connectivity index (χ1v) is 6.22. The number of hydrogen-bond donors (Lipinski definition) is 1. The topological polar surface area (TPSA) is 43.1 Å². The van der Waals surface area contributed by atoms with Crippen LogP contribution in [0.5, 0.6) is 0 Å². The van der Waals surface area contributed by atoms with E-state index < -0.39 is 0 Å². The molecule has 1 amide bonds. The van der Waals surface area contributed by atoms with E-state index in [1.165, 1.54) is 32.1 Å². The van der Waals surface area contributed by atoms with Crippen molar-refractivity contribution in [2.45, 2.75) is 66.2 Å². The predicted molar refractivity (Wildman–Crippen MR) is 65.5 cm³/mol. The Morgan fingerprint density at radius 2 is 1.73 bits per heavy atom. The third-order valence-corrected chi connectivity index (χ3v) is 3.61. The number of nitrogens with two attached hydrogens (primary N) is 1. The van der Waals surface area contributed by atoms with E-state index >= 15 is 0 Å². The average Bonchev–Trinajstić information content (AvgIpc) is 2.16. The summed E-state index contributed by atoms with van der Waals surface area (Å²) in [4.78, 5) is 11.2. The van der Waals surface area contributed by atoms with E-state index in [9.17, 15) is 4.79 Å². The molecule has 0 saturated heterocycles. The summed E-state index contributed by atoms with van der Waals surface area (Å²) in [6.45, 7) is 8.25. The van der Waals surface area contributed by atoms with Crippen LogP contribution < -0.4 is 5.73 Å². The zero-order chi connectivity index (χ0) is 11.9. The highest BCUT2D eigenvalue weighted by Crippen LogP contribution is 2.30. The SMILES string of the molecule is CCCCCCCC(C)C(C)(C)C(N)=O. The zero-order valence-electron chi connectivity index (χ0n) is 10.8. The third kappa shape index (κ3) is 5.19. The van der Waals surface area contributed by atoms with Crippen LogP contribution in [-0.4, -0.2) is 5.91 Å². The second kappa shape index (κ2) is 6.86. The molecule has 90 valence electrons. The summed E-state index contributed by atoms with van der Waals surface area (Å²) in [6, 6.07) is 0. The lowest BCUT2D eigenvalue weighted by Crippen LogP contribution is -2.37. The minimum absolute atomic E-state index is 0.177. The largest absolute Gasteiger partial charge is 0.369 e. The molecular formula is C13H27NO. The maximum Gasteiger partial charge on any atom is 0.223 e. The zero-order valence-corrected chi connectivity index (χ0v) is 10.8. The van der Waals surface area contributed by atoms with Crippen molar-refractivity contribution in [2.24, 2.45) is 17.1 Å². The van der Waals surface area contributed by atoms with Crippen LogP contribution in [0.3, 0.4) is 0 Å². The van der Waals surface area contributed by atoms with Crippen molar-refractivity contribution >= 4 is 5.91 Å². The molecule has 0 heterocycles. The summed E-state index contributed by atoms with van der Waals surface area (Å²) in [7, 11) is 0. The summed E-state index contributed by atoms with van der Waals surface area (Å²) in [5.74, 6) is 0.209. The molecule has 0 aliphatic rings. The first kappa shape index (κ1) is 14.5. The molecule has 0 aromatic rings. The maximum absolute atomic E-state index is 11.2. The summed E-state index contributed by atoms with van der Waals surface area (Å²) >= 11 is 0. The Bertz CT molecular complexity index is 187. The Morgan fingerprint density at radius 3 is 2.20 bits per heavy atom. The predicted octanol–water partition coefficient (Wildman–Crippen LogP) is 3.49. The Morgan fingerprint density at radius 1 is 1.20 bits per heavy atom. The number of carbonyl (C=O) groups is 1. The van der Waals surface area contributed by atoms with Crippen LogP contribution in [0.4, 0.5) is 0 Å². The molecule has 0 spiro atoms. The molecule has 0 bridgehead atoms. The van der Waals surface area contributed by atoms with Gasteiger partial charge < -0.3 is 5.73 Å². The lowest BCUT2D eigenvalue weighted by Gasteiger charge is -2.28. The minimum atomic E-state index is -0.356. The molecule has 0 radical (unpaired) electrons. The van der Waals surface area contributed by atoms with E-state index in [1.807, 2.05) is 13.8 Å². The molecule has 2 heteroatoms. The lowest BCUT2D eigenvalue weighted by molar-refractivity contribution is -0.128. The molecule has 0 aliphatic carbocycles. The summed E-state index contributed by atoms with van der Waals surface area (Å²) in [6.07, 6.45) is 7.54. The van der Waals surface area contributed by atoms with E-state index in [4.69, 9.17) is 5.73 Å². The quantitative estimate of drug-likeness (QED) is 0.616. The first-order chi connectivity index (χ1) is 6.92. The molecule has 1 unspecified atom stereocenters. The average molecular weight is 213 g/mol. The molecule has 0 saturated carbocycles. The Balaban J connectivity index is 3.73. The number of primary amides is 1. The van der Waals surface area contributed by atoms with Gasteiger partial charge in [0.05, 0.1) is 0 Å². The fraction of sp³-hybridized carbons (Fsp3) is 0.923. The Hall–Kier alpha value is -0.530. The van der Waals surface area contributed by atoms with Crippen LogP contribution in [0.1, 0.15) is 66.2 Å². The van der Waals surface area contributed by atoms with Crippen LogP contribution in [0.15, 0.2) is 0 Å². The van der Waals surface area contributed by atoms with Crippen molar-refractivity contribution in [3.05, 3.63) is 0 Å². The first-order valence-electron chi connectivity index (χ1n) is 6.22. The van der Waals surface area contributed by atoms with Gasteiger partial charge in [0.2, 0.25) is 5.91 Å². The monoisotopic (exact) mass is 213 g/mol. The van der Waals surface area contributed by atoms with Gasteiger partial charge in [0.25, 0.3) is 0 Å². The van der Waals surface area contributed by atoms with Gasteiger partial charge in [-0.2, -0.15) is 0 Å². The van der Waals surface area contributed by atoms with Crippen LogP contribution in [0, 0.1) is 11.3 Å². The Kier molecular flexibility index (Phi) is 6.62. The van der Waals surface area contributed by atoms with Crippen molar-refractivity contribution in [1.29, 1.82) is 0 Å². The highest BCUT2D eigenvalue weighted by atomic mass is 16.1. The van der Waals surface area contributed by atoms with E-state index in [1.54, 1.807) is 0 Å². The summed E-state index contributed by atoms with van der Waals surface area (Å²) < 4.78 is 0. The van der Waals surface area contributed by atoms with Crippen LogP contribution in [0.25, 0.3) is 0 Å². The highest BCUT2D eigenvalue weighted by Gasteiger charge is 2.31. The van der Waals surface area contributed by atoms with Gasteiger partial charge in [-0.15, -0.1) is 0 Å². The molecular weight excluding hydrogens is 186 g/mol. The standard InChI is InChI=1S/C13H27NO/c1-5-6-7-8-9-10-11(2)13(3,4)12(14)15/h11H,5-10H2,1-4H3,(H2,14,15). The number of carbonyl (C=O) groups excluding carboxylic acids is 1. The van der Waals surface area contributed by atoms with E-state index in [2.05, 4.69) is 13.8 Å². The van der Waals surface area contributed by atoms with Gasteiger partial charge in [-0.25, -0.2) is 0 Å². The van der Waals surface area contributed by atoms with Crippen molar-refractivity contribution in [3.8, 4) is 0 Å². The van der Waals surface area contributed by atoms with E-state index in [0.717, 1.165) is 6.42 Å². The van der Waals surface area contributed by atoms with Crippen molar-refractivity contribution in [3.63, 3.8) is 0 Å². The smallest absolute Gasteiger partial charge is 0.223 e. The second-order valence-electron chi connectivity index (χ2n) is 5.19. The third-order valence-electron chi connectivity index (χ3n) is 3.61. The van der Waals surface area contributed by atoms with E-state index in [-0.39, 0.29) is 11.3 Å². The fourth-order valence-electron chi connectivity index (χ4n) is 1.66.